The third-order valence-electron chi connectivity index (χ3n) is 5.10. The maximum absolute atomic E-state index is 12.9. The number of anilines is 2. The van der Waals surface area contributed by atoms with Gasteiger partial charge in [-0.2, -0.15) is 0 Å². The number of carbonyl (C=O) groups excluding carboxylic acids is 2. The Kier molecular flexibility index (Phi) is 5.06. The van der Waals surface area contributed by atoms with Crippen LogP contribution in [0.15, 0.2) is 71.5 Å². The van der Waals surface area contributed by atoms with Crippen LogP contribution in [0, 0.1) is 6.92 Å². The lowest BCUT2D eigenvalue weighted by Gasteiger charge is -2.16. The maximum Gasteiger partial charge on any atom is 0.244 e. The SMILES string of the molecule is CC(=O)Nc1cccc(NC(=O)Cn2c3ccccc3c(=O)c3ccccc32)c1C. The van der Waals surface area contributed by atoms with Gasteiger partial charge in [0.05, 0.1) is 11.0 Å². The molecule has 0 atom stereocenters. The number of nitrogens with one attached hydrogen (secondary N) is 2. The number of hydrogen-bond acceptors (Lipinski definition) is 3. The van der Waals surface area contributed by atoms with Crippen LogP contribution in [0.3, 0.4) is 0 Å². The fourth-order valence-electron chi connectivity index (χ4n) is 3.68. The Morgan fingerprint density at radius 2 is 1.33 bits per heavy atom. The highest BCUT2D eigenvalue weighted by Gasteiger charge is 2.14. The second-order valence-corrected chi connectivity index (χ2v) is 7.16. The molecule has 1 aromatic heterocycles. The second kappa shape index (κ2) is 7.83. The number of amides is 2. The molecule has 0 saturated heterocycles. The summed E-state index contributed by atoms with van der Waals surface area (Å²) in [6.07, 6.45) is 0. The molecule has 6 nitrogen and oxygen atoms in total. The molecule has 0 bridgehead atoms. The van der Waals surface area contributed by atoms with Gasteiger partial charge in [0.2, 0.25) is 11.8 Å². The van der Waals surface area contributed by atoms with Gasteiger partial charge in [-0.25, -0.2) is 0 Å². The standard InChI is InChI=1S/C24H21N3O3/c1-15-19(25-16(2)28)10-7-11-20(15)26-23(29)14-27-21-12-5-3-8-17(21)24(30)18-9-4-6-13-22(18)27/h3-13H,14H2,1-2H3,(H,25,28)(H,26,29). The minimum absolute atomic E-state index is 0.0447. The summed E-state index contributed by atoms with van der Waals surface area (Å²) in [5.74, 6) is -0.398. The van der Waals surface area contributed by atoms with Crippen molar-refractivity contribution in [2.75, 3.05) is 10.6 Å². The van der Waals surface area contributed by atoms with Crippen molar-refractivity contribution < 1.29 is 9.59 Å². The van der Waals surface area contributed by atoms with E-state index in [1.165, 1.54) is 6.92 Å². The molecule has 0 aliphatic heterocycles. The zero-order valence-corrected chi connectivity index (χ0v) is 16.7. The maximum atomic E-state index is 12.9. The van der Waals surface area contributed by atoms with E-state index in [0.717, 1.165) is 5.56 Å². The molecule has 0 saturated carbocycles. The molecule has 0 radical (unpaired) electrons. The minimum Gasteiger partial charge on any atom is -0.331 e. The Balaban J connectivity index is 1.73. The Labute approximate surface area is 173 Å². The van der Waals surface area contributed by atoms with E-state index in [9.17, 15) is 14.4 Å². The van der Waals surface area contributed by atoms with E-state index in [-0.39, 0.29) is 23.8 Å². The number of aromatic nitrogens is 1. The highest BCUT2D eigenvalue weighted by atomic mass is 16.2. The molecule has 2 N–H and O–H groups in total. The van der Waals surface area contributed by atoms with E-state index in [2.05, 4.69) is 10.6 Å². The first-order valence-electron chi connectivity index (χ1n) is 9.63. The monoisotopic (exact) mass is 399 g/mol. The molecule has 0 fully saturated rings. The van der Waals surface area contributed by atoms with Crippen molar-refractivity contribution in [1.29, 1.82) is 0 Å². The van der Waals surface area contributed by atoms with Crippen molar-refractivity contribution in [3.05, 3.63) is 82.5 Å². The molecule has 30 heavy (non-hydrogen) atoms. The van der Waals surface area contributed by atoms with Gasteiger partial charge in [0.25, 0.3) is 0 Å². The molecular weight excluding hydrogens is 378 g/mol. The Bertz CT molecular complexity index is 1300. The van der Waals surface area contributed by atoms with Crippen LogP contribution in [0.2, 0.25) is 0 Å². The Hall–Kier alpha value is -3.93. The van der Waals surface area contributed by atoms with Crippen LogP contribution in [0.4, 0.5) is 11.4 Å². The highest BCUT2D eigenvalue weighted by Crippen LogP contribution is 2.24. The molecule has 0 unspecified atom stereocenters. The number of nitrogens with zero attached hydrogens (tertiary/aromatic N) is 1. The van der Waals surface area contributed by atoms with Crippen molar-refractivity contribution in [3.8, 4) is 0 Å². The molecule has 4 aromatic rings. The van der Waals surface area contributed by atoms with Gasteiger partial charge < -0.3 is 15.2 Å². The van der Waals surface area contributed by atoms with Crippen molar-refractivity contribution in [1.82, 2.24) is 4.57 Å². The first-order valence-corrected chi connectivity index (χ1v) is 9.63. The number of rotatable bonds is 4. The minimum atomic E-state index is -0.225. The summed E-state index contributed by atoms with van der Waals surface area (Å²) in [6.45, 7) is 3.33. The van der Waals surface area contributed by atoms with Crippen LogP contribution >= 0.6 is 0 Å². The average molecular weight is 399 g/mol. The van der Waals surface area contributed by atoms with Crippen LogP contribution in [-0.2, 0) is 16.1 Å². The van der Waals surface area contributed by atoms with Gasteiger partial charge in [-0.15, -0.1) is 0 Å². The van der Waals surface area contributed by atoms with E-state index in [4.69, 9.17) is 0 Å². The normalized spacial score (nSPS) is 10.9. The number of hydrogen-bond donors (Lipinski definition) is 2. The first kappa shape index (κ1) is 19.4. The Morgan fingerprint density at radius 3 is 1.90 bits per heavy atom. The average Bonchev–Trinajstić information content (AvgIpc) is 2.74. The smallest absolute Gasteiger partial charge is 0.244 e. The number of pyridine rings is 1. The van der Waals surface area contributed by atoms with E-state index in [1.54, 1.807) is 30.3 Å². The quantitative estimate of drug-likeness (QED) is 0.508. The van der Waals surface area contributed by atoms with Crippen LogP contribution < -0.4 is 16.1 Å². The molecule has 1 heterocycles. The summed E-state index contributed by atoms with van der Waals surface area (Å²) in [5, 5.41) is 6.84. The third kappa shape index (κ3) is 3.55. The molecular formula is C24H21N3O3. The van der Waals surface area contributed by atoms with Crippen LogP contribution in [0.25, 0.3) is 21.8 Å². The number of carbonyl (C=O) groups is 2. The van der Waals surface area contributed by atoms with E-state index in [0.29, 0.717) is 33.2 Å². The van der Waals surface area contributed by atoms with Gasteiger partial charge in [0.1, 0.15) is 6.54 Å². The van der Waals surface area contributed by atoms with Gasteiger partial charge >= 0.3 is 0 Å². The third-order valence-corrected chi connectivity index (χ3v) is 5.10. The number of para-hydroxylation sites is 2. The van der Waals surface area contributed by atoms with E-state index in [1.807, 2.05) is 47.9 Å². The van der Waals surface area contributed by atoms with Crippen LogP contribution in [0.5, 0.6) is 0 Å². The lowest BCUT2D eigenvalue weighted by atomic mass is 10.1. The van der Waals surface area contributed by atoms with Gasteiger partial charge in [-0.1, -0.05) is 30.3 Å². The molecule has 0 aliphatic rings. The molecule has 2 amide bonds. The lowest BCUT2D eigenvalue weighted by molar-refractivity contribution is -0.116. The van der Waals surface area contributed by atoms with Crippen molar-refractivity contribution in [2.24, 2.45) is 0 Å². The lowest BCUT2D eigenvalue weighted by Crippen LogP contribution is -2.22. The Morgan fingerprint density at radius 1 is 0.800 bits per heavy atom. The summed E-state index contributed by atoms with van der Waals surface area (Å²) in [7, 11) is 0. The number of fused-ring (bicyclic) bond motifs is 2. The molecule has 6 heteroatoms. The zero-order valence-electron chi connectivity index (χ0n) is 16.7. The van der Waals surface area contributed by atoms with E-state index < -0.39 is 0 Å². The fraction of sp³-hybridized carbons (Fsp3) is 0.125. The van der Waals surface area contributed by atoms with Crippen molar-refractivity contribution in [3.63, 3.8) is 0 Å². The van der Waals surface area contributed by atoms with Crippen molar-refractivity contribution in [2.45, 2.75) is 20.4 Å². The summed E-state index contributed by atoms with van der Waals surface area (Å²) < 4.78 is 1.86. The topological polar surface area (TPSA) is 80.2 Å². The molecule has 0 aliphatic carbocycles. The second-order valence-electron chi connectivity index (χ2n) is 7.16. The molecule has 3 aromatic carbocycles. The summed E-state index contributed by atoms with van der Waals surface area (Å²) in [4.78, 5) is 37.2. The van der Waals surface area contributed by atoms with Crippen molar-refractivity contribution >= 4 is 45.0 Å². The van der Waals surface area contributed by atoms with Crippen LogP contribution in [0.1, 0.15) is 12.5 Å². The predicted molar refractivity (Wildman–Crippen MR) is 120 cm³/mol. The molecule has 150 valence electrons. The largest absolute Gasteiger partial charge is 0.331 e. The number of benzene rings is 3. The zero-order chi connectivity index (χ0) is 21.3. The molecule has 4 rings (SSSR count). The fourth-order valence-corrected chi connectivity index (χ4v) is 3.68. The van der Waals surface area contributed by atoms with Gasteiger partial charge in [0.15, 0.2) is 5.43 Å². The van der Waals surface area contributed by atoms with Gasteiger partial charge in [0, 0.05) is 29.1 Å². The highest BCUT2D eigenvalue weighted by molar-refractivity contribution is 5.98. The van der Waals surface area contributed by atoms with Gasteiger partial charge in [-0.3, -0.25) is 14.4 Å². The van der Waals surface area contributed by atoms with E-state index >= 15 is 0 Å². The predicted octanol–water partition coefficient (Wildman–Crippen LogP) is 4.06. The summed E-state index contributed by atoms with van der Waals surface area (Å²) in [5.41, 5.74) is 3.42. The summed E-state index contributed by atoms with van der Waals surface area (Å²) >= 11 is 0. The van der Waals surface area contributed by atoms with Gasteiger partial charge in [-0.05, 0) is 48.9 Å². The summed E-state index contributed by atoms with van der Waals surface area (Å²) in [6, 6.07) is 19.9. The molecule has 0 spiro atoms. The van der Waals surface area contributed by atoms with Crippen LogP contribution in [-0.4, -0.2) is 16.4 Å². The first-order chi connectivity index (χ1) is 14.5.